The summed E-state index contributed by atoms with van der Waals surface area (Å²) in [5, 5.41) is 0. The quantitative estimate of drug-likeness (QED) is 0.477. The Hall–Kier alpha value is -3.26. The van der Waals surface area contributed by atoms with Crippen molar-refractivity contribution in [3.8, 4) is 17.2 Å². The molecule has 2 N–H and O–H groups in total. The van der Waals surface area contributed by atoms with Gasteiger partial charge in [0.05, 0.1) is 13.7 Å². The van der Waals surface area contributed by atoms with E-state index < -0.39 is 11.8 Å². The van der Waals surface area contributed by atoms with Crippen molar-refractivity contribution in [3.63, 3.8) is 0 Å². The summed E-state index contributed by atoms with van der Waals surface area (Å²) in [6.07, 6.45) is 0. The average Bonchev–Trinajstić information content (AvgIpc) is 2.74. The third-order valence-electron chi connectivity index (χ3n) is 3.54. The highest BCUT2D eigenvalue weighted by Crippen LogP contribution is 2.25. The van der Waals surface area contributed by atoms with Crippen molar-refractivity contribution in [1.82, 2.24) is 10.9 Å². The Morgan fingerprint density at radius 2 is 1.71 bits per heavy atom. The minimum absolute atomic E-state index is 0.277. The van der Waals surface area contributed by atoms with Crippen LogP contribution in [0.3, 0.4) is 0 Å². The van der Waals surface area contributed by atoms with Crippen LogP contribution in [-0.2, 0) is 9.53 Å². The number of amides is 2. The largest absolute Gasteiger partial charge is 0.493 e. The van der Waals surface area contributed by atoms with Crippen molar-refractivity contribution >= 4 is 11.8 Å². The number of hydrogen-bond donors (Lipinski definition) is 2. The molecule has 8 heteroatoms. The lowest BCUT2D eigenvalue weighted by Gasteiger charge is -2.11. The Labute approximate surface area is 163 Å². The van der Waals surface area contributed by atoms with E-state index in [1.165, 1.54) is 7.11 Å². The highest BCUT2D eigenvalue weighted by Gasteiger charge is 2.10. The maximum Gasteiger partial charge on any atom is 0.276 e. The van der Waals surface area contributed by atoms with Gasteiger partial charge in [-0.25, -0.2) is 0 Å². The molecule has 0 fully saturated rings. The predicted octanol–water partition coefficient (Wildman–Crippen LogP) is 1.95. The number of carbonyl (C=O) groups is 2. The number of benzene rings is 2. The standard InChI is InChI=1S/C20H24N2O6/c1-3-26-11-12-27-16-8-6-7-15(13-16)20(24)22-21-19(23)14-28-18-10-5-4-9-17(18)25-2/h4-10,13H,3,11-12,14H2,1-2H3,(H,21,23)(H,22,24). The van der Waals surface area contributed by atoms with Crippen LogP contribution in [0.5, 0.6) is 17.2 Å². The second-order valence-corrected chi connectivity index (χ2v) is 5.52. The second-order valence-electron chi connectivity index (χ2n) is 5.52. The van der Waals surface area contributed by atoms with E-state index in [0.717, 1.165) is 0 Å². The number of carbonyl (C=O) groups excluding carboxylic acids is 2. The molecule has 0 saturated heterocycles. The Morgan fingerprint density at radius 1 is 0.929 bits per heavy atom. The number of ether oxygens (including phenoxy) is 4. The molecule has 0 aliphatic heterocycles. The summed E-state index contributed by atoms with van der Waals surface area (Å²) in [5.41, 5.74) is 4.99. The van der Waals surface area contributed by atoms with Crippen LogP contribution in [0.2, 0.25) is 0 Å². The second kappa shape index (κ2) is 11.5. The van der Waals surface area contributed by atoms with E-state index in [0.29, 0.717) is 42.6 Å². The zero-order valence-corrected chi connectivity index (χ0v) is 15.9. The number of para-hydroxylation sites is 2. The molecule has 0 heterocycles. The summed E-state index contributed by atoms with van der Waals surface area (Å²) < 4.78 is 21.2. The van der Waals surface area contributed by atoms with Crippen molar-refractivity contribution in [1.29, 1.82) is 0 Å². The summed E-state index contributed by atoms with van der Waals surface area (Å²) in [4.78, 5) is 24.1. The van der Waals surface area contributed by atoms with Gasteiger partial charge in [-0.1, -0.05) is 18.2 Å². The SMILES string of the molecule is CCOCCOc1cccc(C(=O)NNC(=O)COc2ccccc2OC)c1. The number of hydrazine groups is 1. The first kappa shape index (κ1) is 21.0. The van der Waals surface area contributed by atoms with Gasteiger partial charge in [0, 0.05) is 12.2 Å². The van der Waals surface area contributed by atoms with Crippen LogP contribution in [-0.4, -0.2) is 45.4 Å². The van der Waals surface area contributed by atoms with Crippen LogP contribution in [0.25, 0.3) is 0 Å². The van der Waals surface area contributed by atoms with Gasteiger partial charge in [0.2, 0.25) is 0 Å². The summed E-state index contributed by atoms with van der Waals surface area (Å²) in [6.45, 7) is 3.10. The molecule has 2 amide bonds. The molecule has 150 valence electrons. The third-order valence-corrected chi connectivity index (χ3v) is 3.54. The molecule has 2 rings (SSSR count). The molecule has 0 saturated carbocycles. The first-order chi connectivity index (χ1) is 13.6. The van der Waals surface area contributed by atoms with E-state index >= 15 is 0 Å². The lowest BCUT2D eigenvalue weighted by atomic mass is 10.2. The zero-order valence-electron chi connectivity index (χ0n) is 15.9. The van der Waals surface area contributed by atoms with Crippen LogP contribution >= 0.6 is 0 Å². The number of methoxy groups -OCH3 is 1. The highest BCUT2D eigenvalue weighted by molar-refractivity contribution is 5.95. The van der Waals surface area contributed by atoms with Gasteiger partial charge in [0.25, 0.3) is 11.8 Å². The number of hydrogen-bond acceptors (Lipinski definition) is 6. The maximum absolute atomic E-state index is 12.2. The van der Waals surface area contributed by atoms with Gasteiger partial charge in [-0.3, -0.25) is 20.4 Å². The van der Waals surface area contributed by atoms with Gasteiger partial charge in [0.15, 0.2) is 18.1 Å². The Morgan fingerprint density at radius 3 is 2.46 bits per heavy atom. The highest BCUT2D eigenvalue weighted by atomic mass is 16.5. The van der Waals surface area contributed by atoms with E-state index in [-0.39, 0.29) is 6.61 Å². The number of rotatable bonds is 10. The van der Waals surface area contributed by atoms with Crippen molar-refractivity contribution < 1.29 is 28.5 Å². The lowest BCUT2D eigenvalue weighted by Crippen LogP contribution is -2.43. The van der Waals surface area contributed by atoms with Gasteiger partial charge >= 0.3 is 0 Å². The fourth-order valence-corrected chi connectivity index (χ4v) is 2.21. The molecule has 0 aromatic heterocycles. The Bertz CT molecular complexity index is 781. The van der Waals surface area contributed by atoms with Crippen molar-refractivity contribution in [2.24, 2.45) is 0 Å². The predicted molar refractivity (Wildman–Crippen MR) is 103 cm³/mol. The van der Waals surface area contributed by atoms with Gasteiger partial charge in [-0.2, -0.15) is 0 Å². The molecular formula is C20H24N2O6. The van der Waals surface area contributed by atoms with E-state index in [1.807, 2.05) is 6.92 Å². The van der Waals surface area contributed by atoms with Gasteiger partial charge < -0.3 is 18.9 Å². The third kappa shape index (κ3) is 6.81. The molecule has 0 aliphatic carbocycles. The monoisotopic (exact) mass is 388 g/mol. The van der Waals surface area contributed by atoms with E-state index in [2.05, 4.69) is 10.9 Å². The Balaban J connectivity index is 1.79. The van der Waals surface area contributed by atoms with Crippen LogP contribution in [0.1, 0.15) is 17.3 Å². The topological polar surface area (TPSA) is 95.1 Å². The first-order valence-corrected chi connectivity index (χ1v) is 8.79. The molecule has 28 heavy (non-hydrogen) atoms. The van der Waals surface area contributed by atoms with Gasteiger partial charge in [-0.15, -0.1) is 0 Å². The Kier molecular flexibility index (Phi) is 8.61. The lowest BCUT2D eigenvalue weighted by molar-refractivity contribution is -0.123. The average molecular weight is 388 g/mol. The molecule has 2 aromatic rings. The fraction of sp³-hybridized carbons (Fsp3) is 0.300. The van der Waals surface area contributed by atoms with Crippen LogP contribution in [0.4, 0.5) is 0 Å². The minimum Gasteiger partial charge on any atom is -0.493 e. The van der Waals surface area contributed by atoms with E-state index in [1.54, 1.807) is 48.5 Å². The molecule has 0 unspecified atom stereocenters. The van der Waals surface area contributed by atoms with Gasteiger partial charge in [-0.05, 0) is 37.3 Å². The van der Waals surface area contributed by atoms with E-state index in [4.69, 9.17) is 18.9 Å². The van der Waals surface area contributed by atoms with Crippen LogP contribution < -0.4 is 25.1 Å². The van der Waals surface area contributed by atoms with Crippen LogP contribution in [0.15, 0.2) is 48.5 Å². The van der Waals surface area contributed by atoms with E-state index in [9.17, 15) is 9.59 Å². The summed E-state index contributed by atoms with van der Waals surface area (Å²) in [5.74, 6) is 0.506. The first-order valence-electron chi connectivity index (χ1n) is 8.79. The summed E-state index contributed by atoms with van der Waals surface area (Å²) >= 11 is 0. The molecule has 0 atom stereocenters. The smallest absolute Gasteiger partial charge is 0.276 e. The summed E-state index contributed by atoms with van der Waals surface area (Å²) in [6, 6.07) is 13.6. The van der Waals surface area contributed by atoms with Gasteiger partial charge in [0.1, 0.15) is 12.4 Å². The van der Waals surface area contributed by atoms with Crippen molar-refractivity contribution in [3.05, 3.63) is 54.1 Å². The maximum atomic E-state index is 12.2. The minimum atomic E-state index is -0.511. The molecule has 0 aliphatic rings. The normalized spacial score (nSPS) is 10.1. The molecule has 0 bridgehead atoms. The molecule has 0 radical (unpaired) electrons. The molecule has 2 aromatic carbocycles. The summed E-state index contributed by atoms with van der Waals surface area (Å²) in [7, 11) is 1.51. The van der Waals surface area contributed by atoms with Crippen molar-refractivity contribution in [2.45, 2.75) is 6.92 Å². The van der Waals surface area contributed by atoms with Crippen LogP contribution in [0, 0.1) is 0 Å². The zero-order chi connectivity index (χ0) is 20.2. The fourth-order valence-electron chi connectivity index (χ4n) is 2.21. The number of nitrogens with one attached hydrogen (secondary N) is 2. The molecular weight excluding hydrogens is 364 g/mol. The molecule has 0 spiro atoms. The molecule has 8 nitrogen and oxygen atoms in total. The van der Waals surface area contributed by atoms with Crippen molar-refractivity contribution in [2.75, 3.05) is 33.5 Å².